The van der Waals surface area contributed by atoms with E-state index in [0.29, 0.717) is 55.6 Å². The van der Waals surface area contributed by atoms with Crippen molar-refractivity contribution in [1.29, 1.82) is 0 Å². The van der Waals surface area contributed by atoms with Gasteiger partial charge in [-0.05, 0) is 54.0 Å². The van der Waals surface area contributed by atoms with Crippen LogP contribution in [0.1, 0.15) is 59.1 Å². The molecule has 0 amide bonds. The second-order valence-electron chi connectivity index (χ2n) is 10.5. The minimum atomic E-state index is -4.41. The van der Waals surface area contributed by atoms with Crippen LogP contribution in [-0.2, 0) is 33.4 Å². The lowest BCUT2D eigenvalue weighted by atomic mass is 9.94. The largest absolute Gasteiger partial charge is 0.492 e. The molecule has 9 heteroatoms. The van der Waals surface area contributed by atoms with Crippen molar-refractivity contribution in [2.75, 3.05) is 33.4 Å². The third kappa shape index (κ3) is 4.79. The van der Waals surface area contributed by atoms with Gasteiger partial charge in [0.05, 0.1) is 38.4 Å². The van der Waals surface area contributed by atoms with Gasteiger partial charge in [0.1, 0.15) is 17.6 Å². The molecule has 3 aliphatic heterocycles. The van der Waals surface area contributed by atoms with Gasteiger partial charge in [-0.25, -0.2) is 0 Å². The van der Waals surface area contributed by atoms with E-state index in [4.69, 9.17) is 18.9 Å². The monoisotopic (exact) mass is 517 g/mol. The van der Waals surface area contributed by atoms with Crippen molar-refractivity contribution in [3.8, 4) is 11.5 Å². The predicted molar refractivity (Wildman–Crippen MR) is 128 cm³/mol. The standard InChI is InChI=1S/C28H30F3NO5/c1-34-27(33)9-17-15-36-26-10-18(2-3-20(17)26)37-25-7-5-21-22(25)4-6-24(28(29,30)31)23(21)13-32-11-16-8-19(12-32)35-14-16/h2-4,6,10,16-17,19,25H,5,7-9,11-15H2,1H3/t16?,17-,19?,25-/m1/s1. The Hall–Kier alpha value is -2.78. The normalized spacial score (nSPS) is 26.5. The summed E-state index contributed by atoms with van der Waals surface area (Å²) in [6.07, 6.45) is -2.22. The van der Waals surface area contributed by atoms with Crippen LogP contribution in [0.15, 0.2) is 30.3 Å². The lowest BCUT2D eigenvalue weighted by Crippen LogP contribution is -2.39. The number of alkyl halides is 3. The molecule has 4 atom stereocenters. The van der Waals surface area contributed by atoms with E-state index in [0.717, 1.165) is 29.7 Å². The van der Waals surface area contributed by atoms with Gasteiger partial charge < -0.3 is 18.9 Å². The quantitative estimate of drug-likeness (QED) is 0.501. The number of rotatable bonds is 6. The van der Waals surface area contributed by atoms with Crippen molar-refractivity contribution in [2.24, 2.45) is 5.92 Å². The zero-order valence-electron chi connectivity index (χ0n) is 20.7. The van der Waals surface area contributed by atoms with Crippen LogP contribution in [0.3, 0.4) is 0 Å². The molecule has 2 bridgehead atoms. The molecule has 37 heavy (non-hydrogen) atoms. The number of piperidine rings is 1. The minimum Gasteiger partial charge on any atom is -0.492 e. The Morgan fingerprint density at radius 1 is 1.14 bits per heavy atom. The molecule has 6 nitrogen and oxygen atoms in total. The summed E-state index contributed by atoms with van der Waals surface area (Å²) >= 11 is 0. The van der Waals surface area contributed by atoms with E-state index in [1.54, 1.807) is 12.1 Å². The first kappa shape index (κ1) is 24.6. The van der Waals surface area contributed by atoms with Crippen LogP contribution in [0, 0.1) is 5.92 Å². The molecule has 0 aromatic heterocycles. The van der Waals surface area contributed by atoms with Crippen LogP contribution >= 0.6 is 0 Å². The summed E-state index contributed by atoms with van der Waals surface area (Å²) < 4.78 is 64.7. The summed E-state index contributed by atoms with van der Waals surface area (Å²) in [5, 5.41) is 0. The third-order valence-electron chi connectivity index (χ3n) is 8.08. The first-order valence-corrected chi connectivity index (χ1v) is 12.8. The van der Waals surface area contributed by atoms with Crippen molar-refractivity contribution in [2.45, 2.75) is 56.5 Å². The maximum Gasteiger partial charge on any atom is 0.416 e. The molecule has 0 spiro atoms. The first-order chi connectivity index (χ1) is 17.8. The number of nitrogens with zero attached hydrogens (tertiary/aromatic N) is 1. The summed E-state index contributed by atoms with van der Waals surface area (Å²) in [6.45, 7) is 2.80. The molecule has 2 fully saturated rings. The van der Waals surface area contributed by atoms with E-state index in [2.05, 4.69) is 4.90 Å². The Morgan fingerprint density at radius 2 is 1.97 bits per heavy atom. The second kappa shape index (κ2) is 9.51. The van der Waals surface area contributed by atoms with E-state index in [-0.39, 0.29) is 37.1 Å². The number of fused-ring (bicyclic) bond motifs is 4. The zero-order chi connectivity index (χ0) is 25.7. The molecule has 0 radical (unpaired) electrons. The van der Waals surface area contributed by atoms with E-state index in [1.807, 2.05) is 12.1 Å². The summed E-state index contributed by atoms with van der Waals surface area (Å²) in [5.74, 6) is 1.31. The third-order valence-corrected chi connectivity index (χ3v) is 8.08. The van der Waals surface area contributed by atoms with Gasteiger partial charge >= 0.3 is 12.1 Å². The topological polar surface area (TPSA) is 57.2 Å². The van der Waals surface area contributed by atoms with Gasteiger partial charge in [-0.1, -0.05) is 12.1 Å². The number of ether oxygens (including phenoxy) is 4. The number of hydrogen-bond donors (Lipinski definition) is 0. The van der Waals surface area contributed by atoms with Gasteiger partial charge in [0.15, 0.2) is 0 Å². The number of carbonyl (C=O) groups is 1. The van der Waals surface area contributed by atoms with Gasteiger partial charge in [0.25, 0.3) is 0 Å². The average Bonchev–Trinajstić information content (AvgIpc) is 3.55. The molecule has 0 saturated carbocycles. The molecule has 2 aromatic rings. The van der Waals surface area contributed by atoms with E-state index in [9.17, 15) is 18.0 Å². The molecule has 2 aromatic carbocycles. The highest BCUT2D eigenvalue weighted by Crippen LogP contribution is 2.44. The van der Waals surface area contributed by atoms with Crippen LogP contribution in [0.5, 0.6) is 11.5 Å². The molecule has 198 valence electrons. The predicted octanol–water partition coefficient (Wildman–Crippen LogP) is 5.03. The van der Waals surface area contributed by atoms with Gasteiger partial charge in [-0.3, -0.25) is 9.69 Å². The number of hydrogen-bond acceptors (Lipinski definition) is 6. The average molecular weight is 518 g/mol. The Kier molecular flexibility index (Phi) is 6.31. The molecule has 4 aliphatic rings. The van der Waals surface area contributed by atoms with Crippen LogP contribution < -0.4 is 9.47 Å². The lowest BCUT2D eigenvalue weighted by Gasteiger charge is -2.31. The second-order valence-corrected chi connectivity index (χ2v) is 10.5. The van der Waals surface area contributed by atoms with Crippen molar-refractivity contribution < 1.29 is 36.9 Å². The number of benzene rings is 2. The number of esters is 1. The van der Waals surface area contributed by atoms with Crippen LogP contribution in [0.25, 0.3) is 0 Å². The number of methoxy groups -OCH3 is 1. The van der Waals surface area contributed by atoms with Crippen molar-refractivity contribution in [3.05, 3.63) is 58.1 Å². The van der Waals surface area contributed by atoms with Gasteiger partial charge in [0.2, 0.25) is 0 Å². The smallest absolute Gasteiger partial charge is 0.416 e. The number of carbonyl (C=O) groups excluding carboxylic acids is 1. The maximum atomic E-state index is 14.0. The van der Waals surface area contributed by atoms with Crippen LogP contribution in [-0.4, -0.2) is 50.4 Å². The summed E-state index contributed by atoms with van der Waals surface area (Å²) in [7, 11) is 1.36. The summed E-state index contributed by atoms with van der Waals surface area (Å²) in [4.78, 5) is 13.8. The highest BCUT2D eigenvalue weighted by atomic mass is 19.4. The van der Waals surface area contributed by atoms with Crippen LogP contribution in [0.2, 0.25) is 0 Å². The van der Waals surface area contributed by atoms with Gasteiger partial charge in [-0.15, -0.1) is 0 Å². The van der Waals surface area contributed by atoms with Crippen LogP contribution in [0.4, 0.5) is 13.2 Å². The molecule has 2 unspecified atom stereocenters. The highest BCUT2D eigenvalue weighted by molar-refractivity contribution is 5.71. The maximum absolute atomic E-state index is 14.0. The fourth-order valence-corrected chi connectivity index (χ4v) is 6.37. The fraction of sp³-hybridized carbons (Fsp3) is 0.536. The number of halogens is 3. The lowest BCUT2D eigenvalue weighted by molar-refractivity contribution is -0.141. The first-order valence-electron chi connectivity index (χ1n) is 12.8. The van der Waals surface area contributed by atoms with E-state index < -0.39 is 11.7 Å². The van der Waals surface area contributed by atoms with Crippen molar-refractivity contribution in [3.63, 3.8) is 0 Å². The van der Waals surface area contributed by atoms with Crippen molar-refractivity contribution >= 4 is 5.97 Å². The Bertz CT molecular complexity index is 1190. The Labute approximate surface area is 213 Å². The molecular weight excluding hydrogens is 487 g/mol. The minimum absolute atomic E-state index is 0.0671. The highest BCUT2D eigenvalue weighted by Gasteiger charge is 2.40. The van der Waals surface area contributed by atoms with Crippen molar-refractivity contribution in [1.82, 2.24) is 4.90 Å². The molecular formula is C28H30F3NO5. The molecule has 3 heterocycles. The van der Waals surface area contributed by atoms with Gasteiger partial charge in [0, 0.05) is 37.2 Å². The Balaban J connectivity index is 1.23. The molecule has 6 rings (SSSR count). The van der Waals surface area contributed by atoms with E-state index in [1.165, 1.54) is 13.2 Å². The molecule has 2 saturated heterocycles. The molecule has 0 N–H and O–H groups in total. The van der Waals surface area contributed by atoms with Gasteiger partial charge in [-0.2, -0.15) is 13.2 Å². The number of likely N-dealkylation sites (tertiary alicyclic amines) is 1. The summed E-state index contributed by atoms with van der Waals surface area (Å²) in [6, 6.07) is 8.34. The molecule has 1 aliphatic carbocycles. The summed E-state index contributed by atoms with van der Waals surface area (Å²) in [5.41, 5.74) is 2.34. The SMILES string of the molecule is COC(=O)C[C@@H]1COc2cc(O[C@@H]3CCc4c3ccc(C(F)(F)F)c4CN3CC4COC(C4)C3)ccc21. The Morgan fingerprint density at radius 3 is 2.76 bits per heavy atom. The zero-order valence-corrected chi connectivity index (χ0v) is 20.7. The van der Waals surface area contributed by atoms with E-state index >= 15 is 0 Å². The fourth-order valence-electron chi connectivity index (χ4n) is 6.37.